The first-order chi connectivity index (χ1) is 8.75. The van der Waals surface area contributed by atoms with Crippen LogP contribution in [0.4, 0.5) is 10.5 Å². The Morgan fingerprint density at radius 2 is 1.79 bits per heavy atom. The summed E-state index contributed by atoms with van der Waals surface area (Å²) < 4.78 is 0. The van der Waals surface area contributed by atoms with Crippen LogP contribution >= 0.6 is 0 Å². The Kier molecular flexibility index (Phi) is 4.50. The van der Waals surface area contributed by atoms with Gasteiger partial charge in [-0.15, -0.1) is 0 Å². The van der Waals surface area contributed by atoms with Gasteiger partial charge in [-0.05, 0) is 38.5 Å². The maximum atomic E-state index is 11.3. The van der Waals surface area contributed by atoms with E-state index in [1.807, 2.05) is 26.2 Å². The first kappa shape index (κ1) is 15.0. The van der Waals surface area contributed by atoms with Crippen molar-refractivity contribution in [3.8, 4) is 0 Å². The van der Waals surface area contributed by atoms with Crippen molar-refractivity contribution >= 4 is 17.7 Å². The van der Waals surface area contributed by atoms with Gasteiger partial charge in [0, 0.05) is 11.2 Å². The fraction of sp³-hybridized carbons (Fsp3) is 0.385. The van der Waals surface area contributed by atoms with Crippen molar-refractivity contribution in [2.75, 3.05) is 4.90 Å². The summed E-state index contributed by atoms with van der Waals surface area (Å²) in [6.45, 7) is 5.45. The molecule has 0 aliphatic carbocycles. The number of anilines is 1. The van der Waals surface area contributed by atoms with Crippen molar-refractivity contribution in [3.63, 3.8) is 0 Å². The predicted octanol–water partition coefficient (Wildman–Crippen LogP) is 1.50. The van der Waals surface area contributed by atoms with Crippen LogP contribution in [0.1, 0.15) is 26.3 Å². The number of carbonyl (C=O) groups excluding carboxylic acids is 1. The molecule has 2 amide bonds. The van der Waals surface area contributed by atoms with E-state index in [1.165, 1.54) is 4.90 Å². The lowest BCUT2D eigenvalue weighted by Gasteiger charge is -2.33. The largest absolute Gasteiger partial charge is 0.465 e. The number of nitrogens with one attached hydrogen (secondary N) is 1. The second-order valence-electron chi connectivity index (χ2n) is 5.20. The van der Waals surface area contributed by atoms with Crippen molar-refractivity contribution in [3.05, 3.63) is 29.8 Å². The van der Waals surface area contributed by atoms with E-state index in [1.54, 1.807) is 24.3 Å². The minimum Gasteiger partial charge on any atom is -0.465 e. The third kappa shape index (κ3) is 3.96. The topological polar surface area (TPSA) is 95.7 Å². The number of amides is 2. The van der Waals surface area contributed by atoms with Crippen LogP contribution in [0.2, 0.25) is 0 Å². The maximum absolute atomic E-state index is 11.3. The lowest BCUT2D eigenvalue weighted by atomic mass is 10.0. The van der Waals surface area contributed by atoms with Crippen molar-refractivity contribution in [1.29, 1.82) is 0 Å². The van der Waals surface area contributed by atoms with Gasteiger partial charge in [0.25, 0.3) is 0 Å². The molecule has 0 bridgehead atoms. The highest BCUT2D eigenvalue weighted by Crippen LogP contribution is 2.24. The fourth-order valence-corrected chi connectivity index (χ4v) is 1.78. The van der Waals surface area contributed by atoms with Gasteiger partial charge in [-0.3, -0.25) is 15.1 Å². The Hall–Kier alpha value is -2.08. The molecule has 0 saturated carbocycles. The molecule has 19 heavy (non-hydrogen) atoms. The number of nitrogens with zero attached hydrogens (tertiary/aromatic N) is 1. The van der Waals surface area contributed by atoms with E-state index < -0.39 is 11.6 Å². The minimum absolute atomic E-state index is 0.166. The molecule has 0 spiro atoms. The van der Waals surface area contributed by atoms with E-state index in [2.05, 4.69) is 0 Å². The molecule has 1 rings (SSSR count). The average molecular weight is 265 g/mol. The smallest absolute Gasteiger partial charge is 0.412 e. The quantitative estimate of drug-likeness (QED) is 0.438. The highest BCUT2D eigenvalue weighted by Gasteiger charge is 2.27. The third-order valence-corrected chi connectivity index (χ3v) is 2.58. The SMILES string of the molecule is CC(C)(C)N(C(=O)O)c1ccc(CC(=O)NN)cc1. The Balaban J connectivity index is 2.96. The normalized spacial score (nSPS) is 10.9. The molecule has 0 atom stereocenters. The summed E-state index contributed by atoms with van der Waals surface area (Å²) in [6.07, 6.45) is -0.848. The first-order valence-corrected chi connectivity index (χ1v) is 5.87. The summed E-state index contributed by atoms with van der Waals surface area (Å²) in [5.41, 5.74) is 2.85. The van der Waals surface area contributed by atoms with Crippen molar-refractivity contribution in [2.24, 2.45) is 5.84 Å². The molecule has 0 unspecified atom stereocenters. The lowest BCUT2D eigenvalue weighted by molar-refractivity contribution is -0.120. The molecule has 0 aromatic heterocycles. The fourth-order valence-electron chi connectivity index (χ4n) is 1.78. The molecule has 0 heterocycles. The Morgan fingerprint density at radius 3 is 2.16 bits per heavy atom. The zero-order chi connectivity index (χ0) is 14.6. The van der Waals surface area contributed by atoms with Gasteiger partial charge in [0.2, 0.25) is 5.91 Å². The van der Waals surface area contributed by atoms with Crippen LogP contribution in [0.3, 0.4) is 0 Å². The summed E-state index contributed by atoms with van der Waals surface area (Å²) in [5, 5.41) is 9.26. The molecule has 0 aliphatic heterocycles. The predicted molar refractivity (Wildman–Crippen MR) is 72.7 cm³/mol. The van der Waals surface area contributed by atoms with Gasteiger partial charge in [0.1, 0.15) is 0 Å². The molecule has 0 radical (unpaired) electrons. The standard InChI is InChI=1S/C13H19N3O3/c1-13(2,3)16(12(18)19)10-6-4-9(5-7-10)8-11(17)15-14/h4-7H,8,14H2,1-3H3,(H,15,17)(H,18,19). The van der Waals surface area contributed by atoms with Crippen LogP contribution in [-0.4, -0.2) is 22.6 Å². The van der Waals surface area contributed by atoms with Gasteiger partial charge in [-0.2, -0.15) is 0 Å². The van der Waals surface area contributed by atoms with Gasteiger partial charge in [0.05, 0.1) is 6.42 Å². The Morgan fingerprint density at radius 1 is 1.26 bits per heavy atom. The summed E-state index contributed by atoms with van der Waals surface area (Å²) >= 11 is 0. The van der Waals surface area contributed by atoms with Gasteiger partial charge < -0.3 is 5.11 Å². The maximum Gasteiger partial charge on any atom is 0.412 e. The second-order valence-corrected chi connectivity index (χ2v) is 5.20. The Labute approximate surface area is 112 Å². The second kappa shape index (κ2) is 5.71. The van der Waals surface area contributed by atoms with Crippen LogP contribution in [0.25, 0.3) is 0 Å². The van der Waals surface area contributed by atoms with Crippen LogP contribution in [0.5, 0.6) is 0 Å². The van der Waals surface area contributed by atoms with Crippen LogP contribution in [0.15, 0.2) is 24.3 Å². The average Bonchev–Trinajstić information content (AvgIpc) is 2.29. The number of hydrogen-bond donors (Lipinski definition) is 3. The van der Waals surface area contributed by atoms with E-state index in [0.717, 1.165) is 5.56 Å². The molecular formula is C13H19N3O3. The number of hydrazine groups is 1. The van der Waals surface area contributed by atoms with E-state index in [9.17, 15) is 14.7 Å². The zero-order valence-electron chi connectivity index (χ0n) is 11.3. The minimum atomic E-state index is -1.01. The monoisotopic (exact) mass is 265 g/mol. The molecule has 0 aliphatic rings. The molecule has 6 heteroatoms. The van der Waals surface area contributed by atoms with Gasteiger partial charge >= 0.3 is 6.09 Å². The summed E-state index contributed by atoms with van der Waals surface area (Å²) in [7, 11) is 0. The van der Waals surface area contributed by atoms with Crippen LogP contribution in [0, 0.1) is 0 Å². The van der Waals surface area contributed by atoms with Crippen LogP contribution < -0.4 is 16.2 Å². The summed E-state index contributed by atoms with van der Waals surface area (Å²) in [6, 6.07) is 6.79. The number of benzene rings is 1. The highest BCUT2D eigenvalue weighted by molar-refractivity contribution is 5.87. The van der Waals surface area contributed by atoms with E-state index >= 15 is 0 Å². The van der Waals surface area contributed by atoms with E-state index in [-0.39, 0.29) is 12.3 Å². The number of hydrogen-bond acceptors (Lipinski definition) is 3. The number of rotatable bonds is 3. The van der Waals surface area contributed by atoms with Crippen LogP contribution in [-0.2, 0) is 11.2 Å². The summed E-state index contributed by atoms with van der Waals surface area (Å²) in [5.74, 6) is 4.72. The molecule has 0 saturated heterocycles. The van der Waals surface area contributed by atoms with E-state index in [0.29, 0.717) is 5.69 Å². The van der Waals surface area contributed by atoms with Crippen molar-refractivity contribution < 1.29 is 14.7 Å². The van der Waals surface area contributed by atoms with E-state index in [4.69, 9.17) is 5.84 Å². The molecule has 104 valence electrons. The first-order valence-electron chi connectivity index (χ1n) is 5.87. The molecule has 1 aromatic carbocycles. The number of carboxylic acid groups (broad SMARTS) is 1. The van der Waals surface area contributed by atoms with Gasteiger partial charge in [-0.1, -0.05) is 12.1 Å². The highest BCUT2D eigenvalue weighted by atomic mass is 16.4. The molecule has 6 nitrogen and oxygen atoms in total. The number of carbonyl (C=O) groups is 2. The number of nitrogens with two attached hydrogens (primary N) is 1. The van der Waals surface area contributed by atoms with Crippen molar-refractivity contribution in [2.45, 2.75) is 32.7 Å². The third-order valence-electron chi connectivity index (χ3n) is 2.58. The Bertz CT molecular complexity index is 463. The molecule has 0 fully saturated rings. The summed E-state index contributed by atoms with van der Waals surface area (Å²) in [4.78, 5) is 23.7. The molecule has 4 N–H and O–H groups in total. The molecule has 1 aromatic rings. The molecular weight excluding hydrogens is 246 g/mol. The van der Waals surface area contributed by atoms with Gasteiger partial charge in [0.15, 0.2) is 0 Å². The lowest BCUT2D eigenvalue weighted by Crippen LogP contribution is -2.45. The zero-order valence-corrected chi connectivity index (χ0v) is 11.3. The van der Waals surface area contributed by atoms with Crippen molar-refractivity contribution in [1.82, 2.24) is 5.43 Å². The van der Waals surface area contributed by atoms with Gasteiger partial charge in [-0.25, -0.2) is 10.6 Å².